The smallest absolute Gasteiger partial charge is 0.257 e. The number of nitrogens with zero attached hydrogens (tertiary/aromatic N) is 3. The lowest BCUT2D eigenvalue weighted by molar-refractivity contribution is 0.0837. The first-order chi connectivity index (χ1) is 9.26. The number of anilines is 1. The third kappa shape index (κ3) is 2.61. The average molecular weight is 263 g/mol. The molecule has 0 N–H and O–H groups in total. The van der Waals surface area contributed by atoms with Crippen molar-refractivity contribution in [2.45, 2.75) is 19.4 Å². The fraction of sp³-hybridized carbons (Fsp3) is 0.643. The van der Waals surface area contributed by atoms with Crippen LogP contribution in [-0.4, -0.2) is 55.8 Å². The van der Waals surface area contributed by atoms with Crippen LogP contribution in [0.1, 0.15) is 13.3 Å². The van der Waals surface area contributed by atoms with Crippen LogP contribution in [-0.2, 0) is 0 Å². The van der Waals surface area contributed by atoms with Gasteiger partial charge in [-0.15, -0.1) is 0 Å². The van der Waals surface area contributed by atoms with E-state index in [4.69, 9.17) is 9.47 Å². The van der Waals surface area contributed by atoms with Crippen LogP contribution in [0.5, 0.6) is 11.6 Å². The Balaban J connectivity index is 1.77. The second kappa shape index (κ2) is 5.25. The summed E-state index contributed by atoms with van der Waals surface area (Å²) in [5, 5.41) is 0. The molecule has 0 aromatic carbocycles. The van der Waals surface area contributed by atoms with Crippen LogP contribution < -0.4 is 14.4 Å². The quantitative estimate of drug-likeness (QED) is 0.806. The summed E-state index contributed by atoms with van der Waals surface area (Å²) in [6.07, 6.45) is 3.00. The second-order valence-corrected chi connectivity index (χ2v) is 5.25. The van der Waals surface area contributed by atoms with E-state index in [1.54, 1.807) is 0 Å². The highest BCUT2D eigenvalue weighted by atomic mass is 16.6. The average Bonchev–Trinajstić information content (AvgIpc) is 2.47. The summed E-state index contributed by atoms with van der Waals surface area (Å²) in [6.45, 7) is 6.96. The number of ether oxygens (including phenoxy) is 2. The van der Waals surface area contributed by atoms with Gasteiger partial charge in [0.05, 0.1) is 11.9 Å². The minimum absolute atomic E-state index is 0.150. The molecule has 1 saturated heterocycles. The SMILES string of the molecule is CCC1COc2ncc(N3CCN(C)CC3)cc2O1. The van der Waals surface area contributed by atoms with Crippen LogP contribution in [0, 0.1) is 0 Å². The van der Waals surface area contributed by atoms with E-state index in [0.717, 1.165) is 44.0 Å². The monoisotopic (exact) mass is 263 g/mol. The highest BCUT2D eigenvalue weighted by Gasteiger charge is 2.23. The molecule has 2 aliphatic rings. The molecule has 2 aliphatic heterocycles. The van der Waals surface area contributed by atoms with Gasteiger partial charge in [-0.2, -0.15) is 0 Å². The largest absolute Gasteiger partial charge is 0.481 e. The van der Waals surface area contributed by atoms with Gasteiger partial charge in [-0.05, 0) is 13.5 Å². The Morgan fingerprint density at radius 2 is 2.11 bits per heavy atom. The molecule has 0 bridgehead atoms. The van der Waals surface area contributed by atoms with Gasteiger partial charge >= 0.3 is 0 Å². The molecule has 0 radical (unpaired) electrons. The molecule has 5 nitrogen and oxygen atoms in total. The molecule has 0 saturated carbocycles. The predicted octanol–water partition coefficient (Wildman–Crippen LogP) is 1.38. The summed E-state index contributed by atoms with van der Waals surface area (Å²) >= 11 is 0. The first kappa shape index (κ1) is 12.5. The number of rotatable bonds is 2. The summed E-state index contributed by atoms with van der Waals surface area (Å²) in [5.41, 5.74) is 1.13. The second-order valence-electron chi connectivity index (χ2n) is 5.25. The Morgan fingerprint density at radius 1 is 1.32 bits per heavy atom. The fourth-order valence-corrected chi connectivity index (χ4v) is 2.44. The third-order valence-corrected chi connectivity index (χ3v) is 3.83. The summed E-state index contributed by atoms with van der Waals surface area (Å²) in [7, 11) is 2.16. The summed E-state index contributed by atoms with van der Waals surface area (Å²) in [4.78, 5) is 9.08. The van der Waals surface area contributed by atoms with Crippen molar-refractivity contribution < 1.29 is 9.47 Å². The van der Waals surface area contributed by atoms with Gasteiger partial charge in [0.1, 0.15) is 12.7 Å². The van der Waals surface area contributed by atoms with E-state index in [0.29, 0.717) is 12.5 Å². The Morgan fingerprint density at radius 3 is 2.84 bits per heavy atom. The van der Waals surface area contributed by atoms with Crippen LogP contribution in [0.3, 0.4) is 0 Å². The lowest BCUT2D eigenvalue weighted by Gasteiger charge is -2.34. The predicted molar refractivity (Wildman–Crippen MR) is 74.1 cm³/mol. The van der Waals surface area contributed by atoms with Crippen molar-refractivity contribution in [3.8, 4) is 11.6 Å². The maximum absolute atomic E-state index is 5.91. The summed E-state index contributed by atoms with van der Waals surface area (Å²) < 4.78 is 11.5. The van der Waals surface area contributed by atoms with Gasteiger partial charge in [0.25, 0.3) is 5.88 Å². The van der Waals surface area contributed by atoms with E-state index >= 15 is 0 Å². The molecule has 0 aliphatic carbocycles. The summed E-state index contributed by atoms with van der Waals surface area (Å²) in [5.74, 6) is 1.41. The molecule has 3 heterocycles. The van der Waals surface area contributed by atoms with Crippen LogP contribution in [0.25, 0.3) is 0 Å². The van der Waals surface area contributed by atoms with Gasteiger partial charge in [0.2, 0.25) is 0 Å². The van der Waals surface area contributed by atoms with Crippen molar-refractivity contribution in [3.63, 3.8) is 0 Å². The van der Waals surface area contributed by atoms with E-state index in [9.17, 15) is 0 Å². The van der Waals surface area contributed by atoms with E-state index in [1.807, 2.05) is 6.20 Å². The molecule has 1 unspecified atom stereocenters. The zero-order valence-corrected chi connectivity index (χ0v) is 11.6. The molecule has 1 fully saturated rings. The normalized spacial score (nSPS) is 23.5. The van der Waals surface area contributed by atoms with Crippen LogP contribution in [0.4, 0.5) is 5.69 Å². The standard InChI is InChI=1S/C14H21N3O2/c1-3-12-10-18-14-13(19-12)8-11(9-15-14)17-6-4-16(2)5-7-17/h8-9,12H,3-7,10H2,1-2H3. The third-order valence-electron chi connectivity index (χ3n) is 3.83. The number of likely N-dealkylation sites (N-methyl/N-ethyl adjacent to an activating group) is 1. The van der Waals surface area contributed by atoms with Crippen molar-refractivity contribution in [1.29, 1.82) is 0 Å². The van der Waals surface area contributed by atoms with Gasteiger partial charge in [-0.3, -0.25) is 0 Å². The Bertz CT molecular complexity index is 444. The Labute approximate surface area is 114 Å². The minimum atomic E-state index is 0.150. The van der Waals surface area contributed by atoms with Gasteiger partial charge < -0.3 is 19.3 Å². The fourth-order valence-electron chi connectivity index (χ4n) is 2.44. The number of piperazine rings is 1. The summed E-state index contributed by atoms with van der Waals surface area (Å²) in [6, 6.07) is 2.06. The van der Waals surface area contributed by atoms with Crippen molar-refractivity contribution >= 4 is 5.69 Å². The number of hydrogen-bond acceptors (Lipinski definition) is 5. The number of hydrogen-bond donors (Lipinski definition) is 0. The van der Waals surface area contributed by atoms with Gasteiger partial charge in [0.15, 0.2) is 5.75 Å². The molecule has 104 valence electrons. The molecule has 5 heteroatoms. The van der Waals surface area contributed by atoms with Crippen molar-refractivity contribution in [3.05, 3.63) is 12.3 Å². The van der Waals surface area contributed by atoms with Gasteiger partial charge in [0, 0.05) is 32.2 Å². The number of fused-ring (bicyclic) bond motifs is 1. The van der Waals surface area contributed by atoms with Crippen LogP contribution >= 0.6 is 0 Å². The molecule has 1 aromatic rings. The van der Waals surface area contributed by atoms with Crippen molar-refractivity contribution in [2.75, 3.05) is 44.7 Å². The van der Waals surface area contributed by atoms with E-state index in [2.05, 4.69) is 34.8 Å². The highest BCUT2D eigenvalue weighted by Crippen LogP contribution is 2.33. The topological polar surface area (TPSA) is 37.8 Å². The minimum Gasteiger partial charge on any atom is -0.481 e. The molecule has 3 rings (SSSR count). The molecular formula is C14H21N3O2. The Kier molecular flexibility index (Phi) is 3.46. The first-order valence-corrected chi connectivity index (χ1v) is 6.99. The number of pyridine rings is 1. The molecule has 0 amide bonds. The molecule has 1 aromatic heterocycles. The van der Waals surface area contributed by atoms with Crippen LogP contribution in [0.2, 0.25) is 0 Å². The van der Waals surface area contributed by atoms with Crippen molar-refractivity contribution in [2.24, 2.45) is 0 Å². The van der Waals surface area contributed by atoms with E-state index in [1.165, 1.54) is 0 Å². The number of aromatic nitrogens is 1. The first-order valence-electron chi connectivity index (χ1n) is 6.99. The van der Waals surface area contributed by atoms with E-state index < -0.39 is 0 Å². The lowest BCUT2D eigenvalue weighted by atomic mass is 10.2. The zero-order valence-electron chi connectivity index (χ0n) is 11.6. The Hall–Kier alpha value is -1.49. The zero-order chi connectivity index (χ0) is 13.2. The van der Waals surface area contributed by atoms with Crippen LogP contribution in [0.15, 0.2) is 12.3 Å². The molecule has 1 atom stereocenters. The van der Waals surface area contributed by atoms with Crippen molar-refractivity contribution in [1.82, 2.24) is 9.88 Å². The van der Waals surface area contributed by atoms with E-state index in [-0.39, 0.29) is 6.10 Å². The maximum Gasteiger partial charge on any atom is 0.257 e. The highest BCUT2D eigenvalue weighted by molar-refractivity contribution is 5.53. The lowest BCUT2D eigenvalue weighted by Crippen LogP contribution is -2.44. The van der Waals surface area contributed by atoms with Gasteiger partial charge in [-0.1, -0.05) is 6.92 Å². The molecule has 0 spiro atoms. The molecular weight excluding hydrogens is 242 g/mol. The molecule has 19 heavy (non-hydrogen) atoms. The maximum atomic E-state index is 5.91. The van der Waals surface area contributed by atoms with Gasteiger partial charge in [-0.25, -0.2) is 4.98 Å².